The molecule has 0 aliphatic carbocycles. The van der Waals surface area contributed by atoms with Crippen LogP contribution >= 0.6 is 34.8 Å². The van der Waals surface area contributed by atoms with Crippen LogP contribution in [0, 0.1) is 0 Å². The van der Waals surface area contributed by atoms with E-state index in [1.54, 1.807) is 12.1 Å². The summed E-state index contributed by atoms with van der Waals surface area (Å²) in [4.78, 5) is 27.6. The van der Waals surface area contributed by atoms with Crippen molar-refractivity contribution < 1.29 is 31.2 Å². The van der Waals surface area contributed by atoms with Gasteiger partial charge in [-0.1, -0.05) is 66.0 Å². The van der Waals surface area contributed by atoms with Crippen LogP contribution in [0.4, 0.5) is 18.9 Å². The van der Waals surface area contributed by atoms with Crippen molar-refractivity contribution in [2.75, 3.05) is 17.4 Å². The van der Waals surface area contributed by atoms with Gasteiger partial charge < -0.3 is 10.2 Å². The van der Waals surface area contributed by atoms with Gasteiger partial charge in [-0.2, -0.15) is 13.2 Å². The van der Waals surface area contributed by atoms with Crippen molar-refractivity contribution in [1.29, 1.82) is 0 Å². The van der Waals surface area contributed by atoms with Crippen LogP contribution in [-0.4, -0.2) is 44.3 Å². The highest BCUT2D eigenvalue weighted by Gasteiger charge is 2.36. The molecule has 0 saturated carbocycles. The molecule has 0 aliphatic heterocycles. The fourth-order valence-electron chi connectivity index (χ4n) is 3.93. The highest BCUT2D eigenvalue weighted by atomic mass is 35.5. The first-order chi connectivity index (χ1) is 19.7. The standard InChI is InChI=1S/C28H27Cl3F3N3O4S/c1-3-13-35-27(39)18(2)36(16-19-9-11-21(29)15-24(19)31)26(38)17-37(42(40,41)22-7-5-4-6-8-22)25-14-20(28(32,33)34)10-12-23(25)30/h4-12,14-15,18H,3,13,16-17H2,1-2H3,(H,35,39)/t18-/m0/s1. The van der Waals surface area contributed by atoms with Gasteiger partial charge in [0, 0.05) is 23.1 Å². The van der Waals surface area contributed by atoms with Crippen LogP contribution in [0.2, 0.25) is 15.1 Å². The molecule has 1 N–H and O–H groups in total. The van der Waals surface area contributed by atoms with Crippen molar-refractivity contribution in [1.82, 2.24) is 10.2 Å². The maximum absolute atomic E-state index is 13.9. The predicted octanol–water partition coefficient (Wildman–Crippen LogP) is 6.80. The van der Waals surface area contributed by atoms with E-state index in [1.165, 1.54) is 43.3 Å². The average Bonchev–Trinajstić information content (AvgIpc) is 2.94. The number of amides is 2. The largest absolute Gasteiger partial charge is 0.416 e. The third-order valence-electron chi connectivity index (χ3n) is 6.22. The molecule has 3 aromatic rings. The summed E-state index contributed by atoms with van der Waals surface area (Å²) in [5.41, 5.74) is -1.32. The number of rotatable bonds is 11. The van der Waals surface area contributed by atoms with Crippen molar-refractivity contribution >= 4 is 62.3 Å². The van der Waals surface area contributed by atoms with E-state index in [-0.39, 0.29) is 21.5 Å². The molecule has 1 atom stereocenters. The Morgan fingerprint density at radius 2 is 1.62 bits per heavy atom. The molecule has 7 nitrogen and oxygen atoms in total. The molecule has 0 saturated heterocycles. The third kappa shape index (κ3) is 8.09. The number of hydrogen-bond donors (Lipinski definition) is 1. The number of anilines is 1. The van der Waals surface area contributed by atoms with Crippen molar-refractivity contribution in [2.24, 2.45) is 0 Å². The molecule has 0 unspecified atom stereocenters. The first-order valence-corrected chi connectivity index (χ1v) is 15.2. The van der Waals surface area contributed by atoms with Gasteiger partial charge in [-0.05, 0) is 61.4 Å². The molecule has 0 heterocycles. The summed E-state index contributed by atoms with van der Waals surface area (Å²) in [5, 5.41) is 2.87. The summed E-state index contributed by atoms with van der Waals surface area (Å²) in [7, 11) is -4.62. The van der Waals surface area contributed by atoms with E-state index < -0.39 is 51.9 Å². The number of carbonyl (C=O) groups is 2. The van der Waals surface area contributed by atoms with Gasteiger partial charge in [0.1, 0.15) is 12.6 Å². The monoisotopic (exact) mass is 663 g/mol. The summed E-state index contributed by atoms with van der Waals surface area (Å²) in [6.07, 6.45) is -4.21. The Morgan fingerprint density at radius 3 is 2.21 bits per heavy atom. The molecular weight excluding hydrogens is 638 g/mol. The highest BCUT2D eigenvalue weighted by Crippen LogP contribution is 2.37. The van der Waals surface area contributed by atoms with Gasteiger partial charge in [0.05, 0.1) is 21.2 Å². The number of carbonyl (C=O) groups excluding carboxylic acids is 2. The SMILES string of the molecule is CCCNC(=O)[C@H](C)N(Cc1ccc(Cl)cc1Cl)C(=O)CN(c1cc(C(F)(F)F)ccc1Cl)S(=O)(=O)c1ccccc1. The molecular formula is C28H27Cl3F3N3O4S. The second-order valence-corrected chi connectivity index (χ2v) is 12.3. The van der Waals surface area contributed by atoms with Gasteiger partial charge >= 0.3 is 6.18 Å². The normalized spacial score (nSPS) is 12.5. The lowest BCUT2D eigenvalue weighted by Gasteiger charge is -2.32. The Hall–Kier alpha value is -2.99. The zero-order valence-electron chi connectivity index (χ0n) is 22.5. The van der Waals surface area contributed by atoms with E-state index >= 15 is 0 Å². The van der Waals surface area contributed by atoms with E-state index in [1.807, 2.05) is 6.92 Å². The van der Waals surface area contributed by atoms with Gasteiger partial charge in [-0.3, -0.25) is 13.9 Å². The second-order valence-electron chi connectivity index (χ2n) is 9.21. The van der Waals surface area contributed by atoms with E-state index in [0.717, 1.165) is 11.0 Å². The Balaban J connectivity index is 2.13. The van der Waals surface area contributed by atoms with Gasteiger partial charge in [-0.25, -0.2) is 8.42 Å². The molecule has 226 valence electrons. The first-order valence-electron chi connectivity index (χ1n) is 12.6. The molecule has 0 fully saturated rings. The lowest BCUT2D eigenvalue weighted by molar-refractivity contribution is -0.139. The second kappa shape index (κ2) is 14.0. The number of benzene rings is 3. The van der Waals surface area contributed by atoms with Crippen LogP contribution in [0.5, 0.6) is 0 Å². The third-order valence-corrected chi connectivity index (χ3v) is 8.91. The van der Waals surface area contributed by atoms with E-state index in [2.05, 4.69) is 5.32 Å². The first kappa shape index (κ1) is 33.5. The van der Waals surface area contributed by atoms with Gasteiger partial charge in [0.25, 0.3) is 10.0 Å². The van der Waals surface area contributed by atoms with Crippen LogP contribution < -0.4 is 9.62 Å². The van der Waals surface area contributed by atoms with Crippen molar-refractivity contribution in [3.05, 3.63) is 92.9 Å². The van der Waals surface area contributed by atoms with Crippen LogP contribution in [0.15, 0.2) is 71.6 Å². The van der Waals surface area contributed by atoms with Crippen molar-refractivity contribution in [2.45, 2.75) is 43.9 Å². The molecule has 2 amide bonds. The summed E-state index contributed by atoms with van der Waals surface area (Å²) < 4.78 is 69.0. The highest BCUT2D eigenvalue weighted by molar-refractivity contribution is 7.92. The molecule has 3 aromatic carbocycles. The zero-order valence-corrected chi connectivity index (χ0v) is 25.5. The van der Waals surface area contributed by atoms with Crippen LogP contribution in [0.1, 0.15) is 31.4 Å². The molecule has 0 aliphatic rings. The lowest BCUT2D eigenvalue weighted by atomic mass is 10.1. The van der Waals surface area contributed by atoms with E-state index in [9.17, 15) is 31.2 Å². The predicted molar refractivity (Wildman–Crippen MR) is 157 cm³/mol. The Kier molecular flexibility index (Phi) is 11.2. The smallest absolute Gasteiger partial charge is 0.354 e. The quantitative estimate of drug-likeness (QED) is 0.244. The fourth-order valence-corrected chi connectivity index (χ4v) is 6.11. The number of alkyl halides is 3. The van der Waals surface area contributed by atoms with E-state index in [0.29, 0.717) is 40.0 Å². The Bertz CT molecular complexity index is 1540. The Labute approximate surface area is 257 Å². The molecule has 0 radical (unpaired) electrons. The minimum absolute atomic E-state index is 0.191. The molecule has 0 spiro atoms. The van der Waals surface area contributed by atoms with E-state index in [4.69, 9.17) is 34.8 Å². The summed E-state index contributed by atoms with van der Waals surface area (Å²) in [6, 6.07) is 12.5. The number of hydrogen-bond acceptors (Lipinski definition) is 4. The maximum Gasteiger partial charge on any atom is 0.416 e. The minimum Gasteiger partial charge on any atom is -0.354 e. The number of halogens is 6. The van der Waals surface area contributed by atoms with Crippen molar-refractivity contribution in [3.8, 4) is 0 Å². The van der Waals surface area contributed by atoms with Gasteiger partial charge in [-0.15, -0.1) is 0 Å². The summed E-state index contributed by atoms with van der Waals surface area (Å²) in [5.74, 6) is -1.42. The Morgan fingerprint density at radius 1 is 0.952 bits per heavy atom. The molecule has 0 aromatic heterocycles. The van der Waals surface area contributed by atoms with Gasteiger partial charge in [0.15, 0.2) is 0 Å². The van der Waals surface area contributed by atoms with Crippen LogP contribution in [0.3, 0.4) is 0 Å². The summed E-state index contributed by atoms with van der Waals surface area (Å²) in [6.45, 7) is 2.40. The number of sulfonamides is 1. The van der Waals surface area contributed by atoms with Gasteiger partial charge in [0.2, 0.25) is 11.8 Å². The summed E-state index contributed by atoms with van der Waals surface area (Å²) >= 11 is 18.6. The minimum atomic E-state index is -4.82. The average molecular weight is 665 g/mol. The molecule has 14 heteroatoms. The zero-order chi connectivity index (χ0) is 31.2. The molecule has 0 bridgehead atoms. The molecule has 42 heavy (non-hydrogen) atoms. The lowest BCUT2D eigenvalue weighted by Crippen LogP contribution is -2.51. The van der Waals surface area contributed by atoms with Crippen LogP contribution in [-0.2, 0) is 32.3 Å². The number of nitrogens with zero attached hydrogens (tertiary/aromatic N) is 2. The maximum atomic E-state index is 13.9. The van der Waals surface area contributed by atoms with Crippen LogP contribution in [0.25, 0.3) is 0 Å². The number of nitrogens with one attached hydrogen (secondary N) is 1. The topological polar surface area (TPSA) is 86.8 Å². The fraction of sp³-hybridized carbons (Fsp3) is 0.286. The van der Waals surface area contributed by atoms with Crippen molar-refractivity contribution in [3.63, 3.8) is 0 Å². The molecule has 3 rings (SSSR count).